The highest BCUT2D eigenvalue weighted by atomic mass is 19.4. The van der Waals surface area contributed by atoms with Crippen LogP contribution in [0.2, 0.25) is 0 Å². The Balaban J connectivity index is 2.00. The van der Waals surface area contributed by atoms with Crippen molar-refractivity contribution in [2.24, 2.45) is 5.92 Å². The number of alkyl halides is 3. The van der Waals surface area contributed by atoms with E-state index < -0.39 is 29.9 Å². The van der Waals surface area contributed by atoms with Crippen LogP contribution in [-0.4, -0.2) is 48.4 Å². The van der Waals surface area contributed by atoms with Crippen molar-refractivity contribution in [1.29, 1.82) is 0 Å². The van der Waals surface area contributed by atoms with Gasteiger partial charge in [0.25, 0.3) is 5.91 Å². The van der Waals surface area contributed by atoms with Gasteiger partial charge in [0.1, 0.15) is 0 Å². The van der Waals surface area contributed by atoms with Crippen LogP contribution in [0.1, 0.15) is 23.2 Å². The van der Waals surface area contributed by atoms with Crippen molar-refractivity contribution in [2.45, 2.75) is 25.1 Å². The maximum Gasteiger partial charge on any atom is 0.414 e. The lowest BCUT2D eigenvalue weighted by Gasteiger charge is -2.34. The first-order chi connectivity index (χ1) is 10.7. The summed E-state index contributed by atoms with van der Waals surface area (Å²) in [5.74, 6) is -2.05. The van der Waals surface area contributed by atoms with Crippen molar-refractivity contribution in [2.75, 3.05) is 20.2 Å². The molecule has 8 heteroatoms. The molecule has 0 radical (unpaired) electrons. The Labute approximate surface area is 130 Å². The Morgan fingerprint density at radius 3 is 2.43 bits per heavy atom. The molecule has 1 atom stereocenters. The fraction of sp³-hybridized carbons (Fsp3) is 0.533. The van der Waals surface area contributed by atoms with Gasteiger partial charge in [-0.1, -0.05) is 0 Å². The van der Waals surface area contributed by atoms with E-state index in [4.69, 9.17) is 4.74 Å². The van der Waals surface area contributed by atoms with Crippen LogP contribution < -0.4 is 4.74 Å². The Kier molecular flexibility index (Phi) is 5.13. The average Bonchev–Trinajstić information content (AvgIpc) is 2.52. The topological polar surface area (TPSA) is 49.8 Å². The first-order valence-corrected chi connectivity index (χ1v) is 7.11. The largest absolute Gasteiger partial charge is 0.494 e. The third-order valence-electron chi connectivity index (χ3n) is 4.01. The third kappa shape index (κ3) is 3.93. The van der Waals surface area contributed by atoms with Crippen LogP contribution in [0.3, 0.4) is 0 Å². The van der Waals surface area contributed by atoms with Crippen molar-refractivity contribution in [3.63, 3.8) is 0 Å². The van der Waals surface area contributed by atoms with Gasteiger partial charge in [0, 0.05) is 18.7 Å². The molecule has 1 heterocycles. The number of piperidine rings is 1. The average molecular weight is 335 g/mol. The normalized spacial score (nSPS) is 17.9. The number of carbonyl (C=O) groups excluding carboxylic acids is 1. The highest BCUT2D eigenvalue weighted by molar-refractivity contribution is 5.94. The first kappa shape index (κ1) is 17.5. The zero-order valence-corrected chi connectivity index (χ0v) is 12.4. The smallest absolute Gasteiger partial charge is 0.414 e. The molecule has 0 saturated carbocycles. The second-order valence-electron chi connectivity index (χ2n) is 5.47. The van der Waals surface area contributed by atoms with E-state index in [-0.39, 0.29) is 37.2 Å². The second kappa shape index (κ2) is 6.74. The maximum absolute atomic E-state index is 13.6. The number of amides is 1. The number of nitrogens with zero attached hydrogens (tertiary/aromatic N) is 1. The van der Waals surface area contributed by atoms with Crippen molar-refractivity contribution in [3.05, 3.63) is 29.6 Å². The second-order valence-corrected chi connectivity index (χ2v) is 5.47. The minimum absolute atomic E-state index is 0.00792. The van der Waals surface area contributed by atoms with Crippen LogP contribution in [0.4, 0.5) is 17.6 Å². The molecule has 1 aromatic rings. The number of ether oxygens (including phenoxy) is 1. The lowest BCUT2D eigenvalue weighted by molar-refractivity contribution is -0.222. The van der Waals surface area contributed by atoms with E-state index in [0.717, 1.165) is 6.07 Å². The van der Waals surface area contributed by atoms with E-state index in [1.165, 1.54) is 24.1 Å². The minimum Gasteiger partial charge on any atom is -0.494 e. The van der Waals surface area contributed by atoms with Crippen LogP contribution in [0, 0.1) is 11.7 Å². The zero-order valence-electron chi connectivity index (χ0n) is 12.4. The van der Waals surface area contributed by atoms with Gasteiger partial charge in [-0.15, -0.1) is 0 Å². The predicted molar refractivity (Wildman–Crippen MR) is 73.6 cm³/mol. The third-order valence-corrected chi connectivity index (χ3v) is 4.01. The number of aliphatic hydroxyl groups excluding tert-OH is 1. The first-order valence-electron chi connectivity index (χ1n) is 7.11. The summed E-state index contributed by atoms with van der Waals surface area (Å²) < 4.78 is 55.8. The number of benzene rings is 1. The van der Waals surface area contributed by atoms with Gasteiger partial charge < -0.3 is 14.7 Å². The maximum atomic E-state index is 13.6. The van der Waals surface area contributed by atoms with E-state index in [2.05, 4.69) is 0 Å². The van der Waals surface area contributed by atoms with Gasteiger partial charge in [0.15, 0.2) is 17.7 Å². The number of rotatable bonds is 3. The molecule has 4 nitrogen and oxygen atoms in total. The van der Waals surface area contributed by atoms with Gasteiger partial charge in [-0.05, 0) is 37.0 Å². The van der Waals surface area contributed by atoms with Gasteiger partial charge >= 0.3 is 6.18 Å². The van der Waals surface area contributed by atoms with Crippen LogP contribution in [0.15, 0.2) is 18.2 Å². The van der Waals surface area contributed by atoms with Crippen molar-refractivity contribution in [3.8, 4) is 5.75 Å². The van der Waals surface area contributed by atoms with E-state index >= 15 is 0 Å². The van der Waals surface area contributed by atoms with Crippen molar-refractivity contribution in [1.82, 2.24) is 4.90 Å². The van der Waals surface area contributed by atoms with Gasteiger partial charge in [-0.25, -0.2) is 4.39 Å². The Morgan fingerprint density at radius 2 is 1.96 bits per heavy atom. The fourth-order valence-electron chi connectivity index (χ4n) is 2.67. The molecule has 1 aliphatic heterocycles. The molecule has 23 heavy (non-hydrogen) atoms. The Morgan fingerprint density at radius 1 is 1.35 bits per heavy atom. The zero-order chi connectivity index (χ0) is 17.2. The lowest BCUT2D eigenvalue weighted by atomic mass is 9.90. The number of hydrogen-bond donors (Lipinski definition) is 1. The molecule has 0 aliphatic carbocycles. The monoisotopic (exact) mass is 335 g/mol. The molecular weight excluding hydrogens is 318 g/mol. The van der Waals surface area contributed by atoms with Gasteiger partial charge in [0.05, 0.1) is 7.11 Å². The number of hydrogen-bond acceptors (Lipinski definition) is 3. The molecule has 0 aromatic heterocycles. The lowest BCUT2D eigenvalue weighted by Crippen LogP contribution is -2.45. The summed E-state index contributed by atoms with van der Waals surface area (Å²) in [5, 5.41) is 9.25. The molecule has 1 aliphatic rings. The standard InChI is InChI=1S/C15H17F4NO3/c1-23-12-3-2-10(8-11(12)16)14(22)20-6-4-9(5-7-20)13(21)15(17,18)19/h2-3,8-9,13,21H,4-7H2,1H3. The van der Waals surface area contributed by atoms with Gasteiger partial charge in [-0.2, -0.15) is 13.2 Å². The predicted octanol–water partition coefficient (Wildman–Crippen LogP) is 2.61. The van der Waals surface area contributed by atoms with Crippen molar-refractivity contribution >= 4 is 5.91 Å². The van der Waals surface area contributed by atoms with E-state index in [1.807, 2.05) is 0 Å². The molecule has 0 spiro atoms. The van der Waals surface area contributed by atoms with E-state index in [1.54, 1.807) is 0 Å². The van der Waals surface area contributed by atoms with Crippen LogP contribution in [-0.2, 0) is 0 Å². The van der Waals surface area contributed by atoms with E-state index in [0.29, 0.717) is 0 Å². The molecule has 1 unspecified atom stereocenters. The van der Waals surface area contributed by atoms with Gasteiger partial charge in [-0.3, -0.25) is 4.79 Å². The SMILES string of the molecule is COc1ccc(C(=O)N2CCC(C(O)C(F)(F)F)CC2)cc1F. The number of carbonyl (C=O) groups is 1. The van der Waals surface area contributed by atoms with E-state index in [9.17, 15) is 27.5 Å². The number of halogens is 4. The molecule has 128 valence electrons. The molecule has 1 N–H and O–H groups in total. The highest BCUT2D eigenvalue weighted by Crippen LogP contribution is 2.32. The summed E-state index contributed by atoms with van der Waals surface area (Å²) in [7, 11) is 1.30. The number of likely N-dealkylation sites (tertiary alicyclic amines) is 1. The molecule has 0 bridgehead atoms. The Hall–Kier alpha value is -1.83. The van der Waals surface area contributed by atoms with Crippen LogP contribution >= 0.6 is 0 Å². The summed E-state index contributed by atoms with van der Waals surface area (Å²) in [4.78, 5) is 13.6. The molecule has 1 aromatic carbocycles. The van der Waals surface area contributed by atoms with Crippen molar-refractivity contribution < 1.29 is 32.2 Å². The van der Waals surface area contributed by atoms with Gasteiger partial charge in [0.2, 0.25) is 0 Å². The summed E-state index contributed by atoms with van der Waals surface area (Å²) in [6.45, 7) is 0.175. The quantitative estimate of drug-likeness (QED) is 0.864. The molecule has 1 fully saturated rings. The number of aliphatic hydroxyl groups is 1. The molecule has 1 saturated heterocycles. The molecular formula is C15H17F4NO3. The minimum atomic E-state index is -4.66. The van der Waals surface area contributed by atoms with Crippen LogP contribution in [0.5, 0.6) is 5.75 Å². The summed E-state index contributed by atoms with van der Waals surface area (Å²) in [5.41, 5.74) is 0.109. The number of methoxy groups -OCH3 is 1. The molecule has 2 rings (SSSR count). The molecule has 1 amide bonds. The summed E-state index contributed by atoms with van der Waals surface area (Å²) in [6, 6.07) is 3.77. The summed E-state index contributed by atoms with van der Waals surface area (Å²) in [6.07, 6.45) is -6.94. The fourth-order valence-corrected chi connectivity index (χ4v) is 2.67. The van der Waals surface area contributed by atoms with Crippen LogP contribution in [0.25, 0.3) is 0 Å². The summed E-state index contributed by atoms with van der Waals surface area (Å²) >= 11 is 0. The Bertz CT molecular complexity index is 568. The highest BCUT2D eigenvalue weighted by Gasteiger charge is 2.44.